The minimum atomic E-state index is -0.677. The third-order valence-electron chi connectivity index (χ3n) is 4.55. The smallest absolute Gasteiger partial charge is 0.178 e. The van der Waals surface area contributed by atoms with E-state index in [4.69, 9.17) is 0 Å². The zero-order valence-corrected chi connectivity index (χ0v) is 15.6. The van der Waals surface area contributed by atoms with Crippen molar-refractivity contribution in [3.8, 4) is 0 Å². The highest BCUT2D eigenvalue weighted by Gasteiger charge is 2.56. The van der Waals surface area contributed by atoms with Gasteiger partial charge in [0.25, 0.3) is 0 Å². The summed E-state index contributed by atoms with van der Waals surface area (Å²) in [5.41, 5.74) is 0.774. The van der Waals surface area contributed by atoms with Gasteiger partial charge in [0, 0.05) is 20.9 Å². The van der Waals surface area contributed by atoms with E-state index in [1.165, 1.54) is 6.42 Å². The summed E-state index contributed by atoms with van der Waals surface area (Å²) in [7, 11) is 0. The first-order valence-corrected chi connectivity index (χ1v) is 9.25. The number of fused-ring (bicyclic) bond motifs is 1. The topological polar surface area (TPSA) is 34.1 Å². The number of carbonyl (C=O) groups excluding carboxylic acids is 2. The number of rotatable bonds is 0. The molecule has 2 nitrogen and oxygen atoms in total. The van der Waals surface area contributed by atoms with Crippen LogP contribution in [0.5, 0.6) is 0 Å². The average Bonchev–Trinajstić information content (AvgIpc) is 3.06. The van der Waals surface area contributed by atoms with Gasteiger partial charge in [-0.2, -0.15) is 0 Å². The monoisotopic (exact) mass is 320 g/mol. The largest absolute Gasteiger partial charge is 0.293 e. The van der Waals surface area contributed by atoms with E-state index in [0.29, 0.717) is 0 Å². The summed E-state index contributed by atoms with van der Waals surface area (Å²) in [6.07, 6.45) is 4.78. The molecule has 0 atom stereocenters. The van der Waals surface area contributed by atoms with Crippen LogP contribution in [0, 0.1) is 12.3 Å². The Kier molecular flexibility index (Phi) is 4.68. The molecule has 0 N–H and O–H groups in total. The second kappa shape index (κ2) is 5.92. The maximum Gasteiger partial charge on any atom is 0.178 e. The van der Waals surface area contributed by atoms with Crippen molar-refractivity contribution in [3.05, 3.63) is 20.9 Å². The number of hydrogen-bond donors (Lipinski definition) is 0. The number of aryl methyl sites for hydroxylation is 1. The lowest BCUT2D eigenvalue weighted by Gasteiger charge is -2.22. The zero-order valence-electron chi connectivity index (χ0n) is 14.8. The van der Waals surface area contributed by atoms with E-state index in [0.717, 1.165) is 46.6 Å². The summed E-state index contributed by atoms with van der Waals surface area (Å²) in [6, 6.07) is 0. The Balaban J connectivity index is 0.000000545. The quantitative estimate of drug-likeness (QED) is 0.574. The van der Waals surface area contributed by atoms with Gasteiger partial charge in [-0.25, -0.2) is 0 Å². The summed E-state index contributed by atoms with van der Waals surface area (Å²) in [5, 5.41) is 0. The van der Waals surface area contributed by atoms with Crippen LogP contribution in [0.15, 0.2) is 0 Å². The van der Waals surface area contributed by atoms with Gasteiger partial charge in [0.05, 0.1) is 5.41 Å². The molecule has 2 aliphatic carbocycles. The molecule has 3 heteroatoms. The fraction of sp³-hybridized carbons (Fsp3) is 0.684. The maximum atomic E-state index is 12.9. The van der Waals surface area contributed by atoms with Crippen molar-refractivity contribution in [2.24, 2.45) is 5.41 Å². The lowest BCUT2D eigenvalue weighted by Crippen LogP contribution is -2.30. The van der Waals surface area contributed by atoms with Crippen molar-refractivity contribution >= 4 is 22.9 Å². The molecule has 3 rings (SSSR count). The van der Waals surface area contributed by atoms with Crippen molar-refractivity contribution in [1.82, 2.24) is 0 Å². The van der Waals surface area contributed by atoms with E-state index in [1.807, 2.05) is 6.92 Å². The Morgan fingerprint density at radius 2 is 1.45 bits per heavy atom. The van der Waals surface area contributed by atoms with Crippen LogP contribution in [0.1, 0.15) is 97.2 Å². The highest BCUT2D eigenvalue weighted by molar-refractivity contribution is 7.13. The molecule has 0 bridgehead atoms. The molecule has 0 aromatic carbocycles. The number of carbonyl (C=O) groups is 2. The first-order valence-electron chi connectivity index (χ1n) is 8.44. The molecule has 1 heterocycles. The summed E-state index contributed by atoms with van der Waals surface area (Å²) in [4.78, 5) is 27.8. The molecule has 122 valence electrons. The SMILES string of the molecule is CCC.Cc1sc(C(C)(C)C)c2c1C(=O)C1(CCCC1)C2=O. The summed E-state index contributed by atoms with van der Waals surface area (Å²) in [6.45, 7) is 12.6. The van der Waals surface area contributed by atoms with E-state index in [-0.39, 0.29) is 17.0 Å². The highest BCUT2D eigenvalue weighted by atomic mass is 32.1. The fourth-order valence-electron chi connectivity index (χ4n) is 3.58. The van der Waals surface area contributed by atoms with E-state index in [2.05, 4.69) is 34.6 Å². The fourth-order valence-corrected chi connectivity index (χ4v) is 4.78. The molecular weight excluding hydrogens is 292 g/mol. The Hall–Kier alpha value is -0.960. The van der Waals surface area contributed by atoms with Gasteiger partial charge in [-0.05, 0) is 25.2 Å². The van der Waals surface area contributed by atoms with Crippen LogP contribution in [0.4, 0.5) is 0 Å². The Bertz CT molecular complexity index is 596. The van der Waals surface area contributed by atoms with E-state index in [9.17, 15) is 9.59 Å². The van der Waals surface area contributed by atoms with Gasteiger partial charge in [0.1, 0.15) is 0 Å². The first-order chi connectivity index (χ1) is 10.2. The van der Waals surface area contributed by atoms with Crippen LogP contribution in [0.2, 0.25) is 0 Å². The van der Waals surface area contributed by atoms with Gasteiger partial charge in [-0.15, -0.1) is 11.3 Å². The molecule has 1 aromatic rings. The second-order valence-corrected chi connectivity index (χ2v) is 8.87. The number of thiophene rings is 1. The molecule has 1 saturated carbocycles. The van der Waals surface area contributed by atoms with Gasteiger partial charge in [-0.3, -0.25) is 9.59 Å². The molecule has 2 aliphatic rings. The van der Waals surface area contributed by atoms with Crippen LogP contribution in [0.25, 0.3) is 0 Å². The van der Waals surface area contributed by atoms with Crippen molar-refractivity contribution in [1.29, 1.82) is 0 Å². The Morgan fingerprint density at radius 1 is 1.00 bits per heavy atom. The Labute approximate surface area is 138 Å². The second-order valence-electron chi connectivity index (χ2n) is 7.64. The molecular formula is C19H28O2S. The Morgan fingerprint density at radius 3 is 1.91 bits per heavy atom. The van der Waals surface area contributed by atoms with Crippen LogP contribution < -0.4 is 0 Å². The normalized spacial score (nSPS) is 19.4. The van der Waals surface area contributed by atoms with Crippen molar-refractivity contribution in [2.75, 3.05) is 0 Å². The van der Waals surface area contributed by atoms with Crippen molar-refractivity contribution < 1.29 is 9.59 Å². The first kappa shape index (κ1) is 17.4. The lowest BCUT2D eigenvalue weighted by molar-refractivity contribution is 0.0705. The molecule has 0 radical (unpaired) electrons. The van der Waals surface area contributed by atoms with E-state index >= 15 is 0 Å². The molecule has 0 amide bonds. The van der Waals surface area contributed by atoms with Crippen molar-refractivity contribution in [3.63, 3.8) is 0 Å². The third-order valence-corrected chi connectivity index (χ3v) is 6.08. The van der Waals surface area contributed by atoms with Crippen LogP contribution >= 0.6 is 11.3 Å². The minimum Gasteiger partial charge on any atom is -0.293 e. The molecule has 1 spiro atoms. The molecule has 0 aliphatic heterocycles. The maximum absolute atomic E-state index is 12.9. The molecule has 1 fully saturated rings. The van der Waals surface area contributed by atoms with Crippen LogP contribution in [0.3, 0.4) is 0 Å². The van der Waals surface area contributed by atoms with Gasteiger partial charge in [0.2, 0.25) is 0 Å². The van der Waals surface area contributed by atoms with Gasteiger partial charge >= 0.3 is 0 Å². The van der Waals surface area contributed by atoms with Gasteiger partial charge < -0.3 is 0 Å². The van der Waals surface area contributed by atoms with Gasteiger partial charge in [0.15, 0.2) is 11.6 Å². The van der Waals surface area contributed by atoms with E-state index in [1.54, 1.807) is 11.3 Å². The van der Waals surface area contributed by atoms with Crippen molar-refractivity contribution in [2.45, 2.75) is 79.1 Å². The number of Topliss-reactive ketones (excluding diaryl/α,β-unsaturated/α-hetero) is 2. The van der Waals surface area contributed by atoms with Crippen LogP contribution in [-0.4, -0.2) is 11.6 Å². The molecule has 0 saturated heterocycles. The highest BCUT2D eigenvalue weighted by Crippen LogP contribution is 2.53. The number of ketones is 2. The van der Waals surface area contributed by atoms with Crippen LogP contribution in [-0.2, 0) is 5.41 Å². The molecule has 22 heavy (non-hydrogen) atoms. The number of hydrogen-bond acceptors (Lipinski definition) is 3. The predicted molar refractivity (Wildman–Crippen MR) is 93.3 cm³/mol. The lowest BCUT2D eigenvalue weighted by atomic mass is 9.80. The minimum absolute atomic E-state index is 0.0664. The van der Waals surface area contributed by atoms with Gasteiger partial charge in [-0.1, -0.05) is 53.9 Å². The molecule has 1 aromatic heterocycles. The summed E-state index contributed by atoms with van der Waals surface area (Å²) in [5.74, 6) is 0.244. The summed E-state index contributed by atoms with van der Waals surface area (Å²) < 4.78 is 0. The predicted octanol–water partition coefficient (Wildman–Crippen LogP) is 5.71. The zero-order chi connectivity index (χ0) is 16.7. The standard InChI is InChI=1S/C16H20O2S.C3H8/c1-9-10-11(14(19-9)15(2,3)4)13(18)16(12(10)17)7-5-6-8-16;1-3-2/h5-8H2,1-4H3;3H2,1-2H3. The average molecular weight is 320 g/mol. The molecule has 0 unspecified atom stereocenters. The third kappa shape index (κ3) is 2.47. The summed E-state index contributed by atoms with van der Waals surface area (Å²) >= 11 is 1.63. The van der Waals surface area contributed by atoms with E-state index < -0.39 is 5.41 Å².